The molecule has 6 nitrogen and oxygen atoms in total. The maximum Gasteiger partial charge on any atom is 0.254 e. The highest BCUT2D eigenvalue weighted by molar-refractivity contribution is 6.00. The number of likely N-dealkylation sites (tertiary alicyclic amines) is 1. The first-order valence-corrected chi connectivity index (χ1v) is 15.8. The molecule has 44 heavy (non-hydrogen) atoms. The van der Waals surface area contributed by atoms with Crippen LogP contribution in [0.25, 0.3) is 0 Å². The molecule has 4 rings (SSSR count). The van der Waals surface area contributed by atoms with Crippen molar-refractivity contribution in [2.24, 2.45) is 0 Å². The van der Waals surface area contributed by atoms with Gasteiger partial charge in [-0.25, -0.2) is 8.78 Å². The molecule has 2 amide bonds. The lowest BCUT2D eigenvalue weighted by molar-refractivity contribution is 0.0600. The molecule has 1 saturated heterocycles. The van der Waals surface area contributed by atoms with Crippen molar-refractivity contribution < 1.29 is 23.5 Å². The molecule has 1 unspecified atom stereocenters. The second kappa shape index (κ2) is 15.9. The SMILES string of the molecule is CCCC1CCCCN1C(=O)c1cc(C)cc(C(=O)N[C@@H](Cc2cc(F)cc(F)c2)[C@@H](O)CNCc2cccc(CC)c2)c1. The van der Waals surface area contributed by atoms with E-state index in [9.17, 15) is 23.5 Å². The van der Waals surface area contributed by atoms with Gasteiger partial charge in [0.25, 0.3) is 11.8 Å². The Morgan fingerprint density at radius 1 is 0.955 bits per heavy atom. The number of carbonyl (C=O) groups is 2. The molecule has 0 bridgehead atoms. The zero-order valence-electron chi connectivity index (χ0n) is 26.0. The number of rotatable bonds is 13. The molecule has 0 radical (unpaired) electrons. The largest absolute Gasteiger partial charge is 0.390 e. The van der Waals surface area contributed by atoms with Gasteiger partial charge in [-0.15, -0.1) is 0 Å². The Morgan fingerprint density at radius 3 is 2.41 bits per heavy atom. The average Bonchev–Trinajstić information content (AvgIpc) is 3.00. The van der Waals surface area contributed by atoms with Crippen LogP contribution in [0.1, 0.15) is 88.9 Å². The number of aliphatic hydroxyl groups is 1. The van der Waals surface area contributed by atoms with Gasteiger partial charge in [-0.2, -0.15) is 0 Å². The van der Waals surface area contributed by atoms with E-state index in [0.29, 0.717) is 29.8 Å². The van der Waals surface area contributed by atoms with Crippen molar-refractivity contribution in [3.05, 3.63) is 106 Å². The van der Waals surface area contributed by atoms with Crippen molar-refractivity contribution in [2.45, 2.75) is 90.4 Å². The summed E-state index contributed by atoms with van der Waals surface area (Å²) in [5.41, 5.74) is 4.11. The maximum atomic E-state index is 14.0. The van der Waals surface area contributed by atoms with Crippen molar-refractivity contribution in [2.75, 3.05) is 13.1 Å². The summed E-state index contributed by atoms with van der Waals surface area (Å²) < 4.78 is 28.0. The van der Waals surface area contributed by atoms with Gasteiger partial charge >= 0.3 is 0 Å². The van der Waals surface area contributed by atoms with Crippen LogP contribution >= 0.6 is 0 Å². The number of amides is 2. The molecule has 3 aromatic carbocycles. The molecule has 0 aliphatic carbocycles. The summed E-state index contributed by atoms with van der Waals surface area (Å²) >= 11 is 0. The second-order valence-corrected chi connectivity index (χ2v) is 12.0. The monoisotopic (exact) mass is 605 g/mol. The Balaban J connectivity index is 1.51. The first kappa shape index (κ1) is 33.3. The fourth-order valence-electron chi connectivity index (χ4n) is 6.09. The van der Waals surface area contributed by atoms with Crippen LogP contribution in [0.4, 0.5) is 8.78 Å². The van der Waals surface area contributed by atoms with Crippen LogP contribution in [0.15, 0.2) is 60.7 Å². The third-order valence-corrected chi connectivity index (χ3v) is 8.34. The Morgan fingerprint density at radius 2 is 1.68 bits per heavy atom. The minimum atomic E-state index is -1.06. The average molecular weight is 606 g/mol. The Bertz CT molecular complexity index is 1410. The first-order chi connectivity index (χ1) is 21.2. The van der Waals surface area contributed by atoms with E-state index in [0.717, 1.165) is 55.7 Å². The Labute approximate surface area is 259 Å². The van der Waals surface area contributed by atoms with Gasteiger partial charge in [0.15, 0.2) is 0 Å². The lowest BCUT2D eigenvalue weighted by Crippen LogP contribution is -2.48. The molecule has 0 aromatic heterocycles. The lowest BCUT2D eigenvalue weighted by Gasteiger charge is -2.36. The van der Waals surface area contributed by atoms with Crippen LogP contribution in [0.3, 0.4) is 0 Å². The number of carbonyl (C=O) groups excluding carboxylic acids is 2. The zero-order chi connectivity index (χ0) is 31.6. The number of nitrogens with one attached hydrogen (secondary N) is 2. The molecule has 3 aromatic rings. The van der Waals surface area contributed by atoms with Crippen molar-refractivity contribution in [3.63, 3.8) is 0 Å². The van der Waals surface area contributed by atoms with Crippen molar-refractivity contribution in [1.29, 1.82) is 0 Å². The fourth-order valence-corrected chi connectivity index (χ4v) is 6.09. The number of halogens is 2. The molecular formula is C36H45F2N3O3. The second-order valence-electron chi connectivity index (χ2n) is 12.0. The van der Waals surface area contributed by atoms with Gasteiger partial charge in [0.1, 0.15) is 11.6 Å². The highest BCUT2D eigenvalue weighted by Crippen LogP contribution is 2.24. The lowest BCUT2D eigenvalue weighted by atomic mass is 9.96. The van der Waals surface area contributed by atoms with E-state index in [-0.39, 0.29) is 24.9 Å². The van der Waals surface area contributed by atoms with Gasteiger partial charge in [-0.05, 0) is 98.0 Å². The molecule has 1 aliphatic rings. The number of hydrogen-bond acceptors (Lipinski definition) is 4. The van der Waals surface area contributed by atoms with Crippen molar-refractivity contribution in [1.82, 2.24) is 15.5 Å². The van der Waals surface area contributed by atoms with Crippen LogP contribution < -0.4 is 10.6 Å². The van der Waals surface area contributed by atoms with E-state index < -0.39 is 29.7 Å². The van der Waals surface area contributed by atoms with Crippen LogP contribution in [0.2, 0.25) is 0 Å². The smallest absolute Gasteiger partial charge is 0.254 e. The van der Waals surface area contributed by atoms with E-state index in [1.54, 1.807) is 18.2 Å². The summed E-state index contributed by atoms with van der Waals surface area (Å²) in [7, 11) is 0. The Hall–Kier alpha value is -3.62. The summed E-state index contributed by atoms with van der Waals surface area (Å²) in [5.74, 6) is -2.00. The van der Waals surface area contributed by atoms with Crippen LogP contribution in [0.5, 0.6) is 0 Å². The van der Waals surface area contributed by atoms with Crippen LogP contribution in [0, 0.1) is 18.6 Å². The van der Waals surface area contributed by atoms with Gasteiger partial charge in [0, 0.05) is 42.9 Å². The molecule has 1 fully saturated rings. The molecule has 1 aliphatic heterocycles. The van der Waals surface area contributed by atoms with Gasteiger partial charge in [0.05, 0.1) is 12.1 Å². The molecular weight excluding hydrogens is 560 g/mol. The predicted octanol–water partition coefficient (Wildman–Crippen LogP) is 6.12. The highest BCUT2D eigenvalue weighted by Gasteiger charge is 2.28. The number of aryl methyl sites for hydroxylation is 2. The minimum absolute atomic E-state index is 0.0126. The Kier molecular flexibility index (Phi) is 12.0. The summed E-state index contributed by atoms with van der Waals surface area (Å²) in [5, 5.41) is 17.3. The topological polar surface area (TPSA) is 81.7 Å². The number of benzene rings is 3. The van der Waals surface area contributed by atoms with Crippen LogP contribution in [-0.2, 0) is 19.4 Å². The third-order valence-electron chi connectivity index (χ3n) is 8.34. The zero-order valence-corrected chi connectivity index (χ0v) is 26.0. The number of nitrogens with zero attached hydrogens (tertiary/aromatic N) is 1. The van der Waals surface area contributed by atoms with Crippen molar-refractivity contribution >= 4 is 11.8 Å². The summed E-state index contributed by atoms with van der Waals surface area (Å²) in [6.45, 7) is 7.40. The van der Waals surface area contributed by atoms with Crippen molar-refractivity contribution in [3.8, 4) is 0 Å². The molecule has 3 atom stereocenters. The molecule has 1 heterocycles. The van der Waals surface area contributed by atoms with E-state index in [4.69, 9.17) is 0 Å². The number of hydrogen-bond donors (Lipinski definition) is 3. The third kappa shape index (κ3) is 9.19. The summed E-state index contributed by atoms with van der Waals surface area (Å²) in [6.07, 6.45) is 4.86. The summed E-state index contributed by atoms with van der Waals surface area (Å²) in [6, 6.07) is 15.8. The highest BCUT2D eigenvalue weighted by atomic mass is 19.1. The molecule has 8 heteroatoms. The van der Waals surface area contributed by atoms with Crippen LogP contribution in [-0.4, -0.2) is 53.1 Å². The molecule has 0 saturated carbocycles. The van der Waals surface area contributed by atoms with Gasteiger partial charge < -0.3 is 20.6 Å². The number of piperidine rings is 1. The predicted molar refractivity (Wildman–Crippen MR) is 170 cm³/mol. The summed E-state index contributed by atoms with van der Waals surface area (Å²) in [4.78, 5) is 29.1. The van der Waals surface area contributed by atoms with Gasteiger partial charge in [0.2, 0.25) is 0 Å². The van der Waals surface area contributed by atoms with E-state index in [1.807, 2.05) is 24.0 Å². The number of aliphatic hydroxyl groups excluding tert-OH is 1. The fraction of sp³-hybridized carbons (Fsp3) is 0.444. The van der Waals surface area contributed by atoms with Gasteiger partial charge in [-0.1, -0.05) is 44.5 Å². The quantitative estimate of drug-likeness (QED) is 0.219. The standard InChI is InChI=1S/C36H45F2N3O3/c1-4-9-32-12-6-7-13-41(32)36(44)29-15-24(3)14-28(20-29)35(43)40-33(19-27-17-30(37)21-31(38)18-27)34(42)23-39-22-26-11-8-10-25(5-2)16-26/h8,10-11,14-18,20-21,32-34,39,42H,4-7,9,12-13,19,22-23H2,1-3H3,(H,40,43)/t32?,33-,34-/m0/s1. The maximum absolute atomic E-state index is 14.0. The normalized spacial score (nSPS) is 16.4. The van der Waals surface area contributed by atoms with E-state index in [2.05, 4.69) is 36.6 Å². The molecule has 3 N–H and O–H groups in total. The van der Waals surface area contributed by atoms with E-state index in [1.165, 1.54) is 17.7 Å². The molecule has 236 valence electrons. The molecule has 0 spiro atoms. The first-order valence-electron chi connectivity index (χ1n) is 15.8. The minimum Gasteiger partial charge on any atom is -0.390 e. The van der Waals surface area contributed by atoms with Gasteiger partial charge in [-0.3, -0.25) is 9.59 Å². The van der Waals surface area contributed by atoms with E-state index >= 15 is 0 Å².